The molecule has 3 aromatic rings. The second-order valence-electron chi connectivity index (χ2n) is 5.17. The van der Waals surface area contributed by atoms with E-state index in [1.54, 1.807) is 24.3 Å². The van der Waals surface area contributed by atoms with E-state index in [0.717, 1.165) is 12.1 Å². The van der Waals surface area contributed by atoms with Gasteiger partial charge in [-0.1, -0.05) is 12.1 Å². The van der Waals surface area contributed by atoms with Gasteiger partial charge in [0.15, 0.2) is 23.1 Å². The summed E-state index contributed by atoms with van der Waals surface area (Å²) < 4.78 is 26.1. The van der Waals surface area contributed by atoms with Gasteiger partial charge in [-0.05, 0) is 36.4 Å². The Kier molecular flexibility index (Phi) is 4.80. The number of carbonyl (C=O) groups excluding carboxylic acids is 1. The van der Waals surface area contributed by atoms with Crippen LogP contribution in [0.1, 0.15) is 16.1 Å². The lowest BCUT2D eigenvalue weighted by Gasteiger charge is -2.08. The summed E-state index contributed by atoms with van der Waals surface area (Å²) in [6.07, 6.45) is 0. The summed E-state index contributed by atoms with van der Waals surface area (Å²) >= 11 is 0. The average Bonchev–Trinajstić information content (AvgIpc) is 2.66. The Hall–Kier alpha value is -3.86. The first-order chi connectivity index (χ1) is 12.6. The molecule has 8 heteroatoms. The molecule has 0 unspecified atom stereocenters. The van der Waals surface area contributed by atoms with Gasteiger partial charge in [-0.25, -0.2) is 8.78 Å². The fourth-order valence-electron chi connectivity index (χ4n) is 2.12. The molecule has 0 aliphatic heterocycles. The molecule has 128 valence electrons. The van der Waals surface area contributed by atoms with Gasteiger partial charge in [0.25, 0.3) is 5.91 Å². The SMILES string of the molecule is N#Cc1ccccc1Nc1ccc(C(=O)Nc2ccc(F)c(F)c2)nn1. The number of halogens is 2. The number of hydrogen-bond acceptors (Lipinski definition) is 5. The van der Waals surface area contributed by atoms with E-state index in [-0.39, 0.29) is 11.4 Å². The Bertz CT molecular complexity index is 999. The van der Waals surface area contributed by atoms with Crippen LogP contribution in [0.3, 0.4) is 0 Å². The first-order valence-electron chi connectivity index (χ1n) is 7.43. The van der Waals surface area contributed by atoms with Crippen LogP contribution in [0.2, 0.25) is 0 Å². The normalized spacial score (nSPS) is 10.0. The van der Waals surface area contributed by atoms with Crippen molar-refractivity contribution >= 4 is 23.1 Å². The van der Waals surface area contributed by atoms with Gasteiger partial charge < -0.3 is 10.6 Å². The van der Waals surface area contributed by atoms with Crippen molar-refractivity contribution in [2.45, 2.75) is 0 Å². The Morgan fingerprint density at radius 3 is 2.50 bits per heavy atom. The summed E-state index contributed by atoms with van der Waals surface area (Å²) in [5.74, 6) is -2.34. The fraction of sp³-hybridized carbons (Fsp3) is 0. The Labute approximate surface area is 147 Å². The van der Waals surface area contributed by atoms with E-state index in [2.05, 4.69) is 20.8 Å². The summed E-state index contributed by atoms with van der Waals surface area (Å²) in [4.78, 5) is 12.1. The number of rotatable bonds is 4. The van der Waals surface area contributed by atoms with Crippen LogP contribution in [-0.4, -0.2) is 16.1 Å². The van der Waals surface area contributed by atoms with E-state index in [1.165, 1.54) is 18.2 Å². The minimum Gasteiger partial charge on any atom is -0.338 e. The topological polar surface area (TPSA) is 90.7 Å². The molecule has 6 nitrogen and oxygen atoms in total. The van der Waals surface area contributed by atoms with Gasteiger partial charge in [0, 0.05) is 11.8 Å². The molecular formula is C18H11F2N5O. The van der Waals surface area contributed by atoms with Crippen molar-refractivity contribution in [3.8, 4) is 6.07 Å². The number of benzene rings is 2. The average molecular weight is 351 g/mol. The van der Waals surface area contributed by atoms with Gasteiger partial charge >= 0.3 is 0 Å². The lowest BCUT2D eigenvalue weighted by molar-refractivity contribution is 0.102. The van der Waals surface area contributed by atoms with Crippen molar-refractivity contribution in [3.63, 3.8) is 0 Å². The van der Waals surface area contributed by atoms with Gasteiger partial charge in [-0.2, -0.15) is 5.26 Å². The zero-order chi connectivity index (χ0) is 18.5. The molecule has 1 aromatic heterocycles. The van der Waals surface area contributed by atoms with Gasteiger partial charge in [0.05, 0.1) is 11.3 Å². The highest BCUT2D eigenvalue weighted by Crippen LogP contribution is 2.18. The van der Waals surface area contributed by atoms with Crippen LogP contribution in [0.15, 0.2) is 54.6 Å². The van der Waals surface area contributed by atoms with Crippen LogP contribution >= 0.6 is 0 Å². The smallest absolute Gasteiger partial charge is 0.276 e. The van der Waals surface area contributed by atoms with Crippen molar-refractivity contribution in [1.82, 2.24) is 10.2 Å². The first kappa shape index (κ1) is 17.0. The van der Waals surface area contributed by atoms with Gasteiger partial charge in [-0.15, -0.1) is 10.2 Å². The highest BCUT2D eigenvalue weighted by Gasteiger charge is 2.11. The predicted molar refractivity (Wildman–Crippen MR) is 90.8 cm³/mol. The number of anilines is 3. The van der Waals surface area contributed by atoms with Crippen molar-refractivity contribution < 1.29 is 13.6 Å². The molecule has 1 amide bonds. The third-order valence-electron chi connectivity index (χ3n) is 3.38. The van der Waals surface area contributed by atoms with Crippen LogP contribution in [-0.2, 0) is 0 Å². The number of amides is 1. The second kappa shape index (κ2) is 7.36. The molecular weight excluding hydrogens is 340 g/mol. The fourth-order valence-corrected chi connectivity index (χ4v) is 2.12. The predicted octanol–water partition coefficient (Wildman–Crippen LogP) is 3.62. The minimum absolute atomic E-state index is 0.00569. The molecule has 26 heavy (non-hydrogen) atoms. The monoisotopic (exact) mass is 351 g/mol. The van der Waals surface area contributed by atoms with Crippen LogP contribution in [0.4, 0.5) is 26.0 Å². The number of aromatic nitrogens is 2. The number of nitriles is 1. The summed E-state index contributed by atoms with van der Waals surface area (Å²) in [6, 6.07) is 14.9. The Balaban J connectivity index is 1.71. The molecule has 0 aliphatic carbocycles. The molecule has 0 atom stereocenters. The Morgan fingerprint density at radius 2 is 1.81 bits per heavy atom. The molecule has 3 rings (SSSR count). The molecule has 1 heterocycles. The van der Waals surface area contributed by atoms with E-state index in [4.69, 9.17) is 5.26 Å². The molecule has 0 spiro atoms. The molecule has 0 saturated carbocycles. The zero-order valence-corrected chi connectivity index (χ0v) is 13.2. The molecule has 0 saturated heterocycles. The van der Waals surface area contributed by atoms with Crippen molar-refractivity contribution in [3.05, 3.63) is 77.5 Å². The van der Waals surface area contributed by atoms with Crippen molar-refractivity contribution in [1.29, 1.82) is 5.26 Å². The third-order valence-corrected chi connectivity index (χ3v) is 3.38. The van der Waals surface area contributed by atoms with Gasteiger partial charge in [-0.3, -0.25) is 4.79 Å². The van der Waals surface area contributed by atoms with Crippen LogP contribution < -0.4 is 10.6 Å². The number of nitrogens with zero attached hydrogens (tertiary/aromatic N) is 3. The van der Waals surface area contributed by atoms with Gasteiger partial charge in [0.1, 0.15) is 6.07 Å². The van der Waals surface area contributed by atoms with E-state index < -0.39 is 17.5 Å². The van der Waals surface area contributed by atoms with E-state index in [0.29, 0.717) is 17.1 Å². The maximum atomic E-state index is 13.2. The summed E-state index contributed by atoms with van der Waals surface area (Å²) in [7, 11) is 0. The maximum Gasteiger partial charge on any atom is 0.276 e. The molecule has 2 aromatic carbocycles. The summed E-state index contributed by atoms with van der Waals surface area (Å²) in [5.41, 5.74) is 1.09. The van der Waals surface area contributed by atoms with Crippen molar-refractivity contribution in [2.75, 3.05) is 10.6 Å². The number of nitrogens with one attached hydrogen (secondary N) is 2. The lowest BCUT2D eigenvalue weighted by Crippen LogP contribution is -2.14. The number of para-hydroxylation sites is 1. The largest absolute Gasteiger partial charge is 0.338 e. The van der Waals surface area contributed by atoms with Gasteiger partial charge in [0.2, 0.25) is 0 Å². The second-order valence-corrected chi connectivity index (χ2v) is 5.17. The molecule has 2 N–H and O–H groups in total. The van der Waals surface area contributed by atoms with E-state index in [9.17, 15) is 13.6 Å². The number of carbonyl (C=O) groups is 1. The molecule has 0 radical (unpaired) electrons. The van der Waals surface area contributed by atoms with E-state index >= 15 is 0 Å². The summed E-state index contributed by atoms with van der Waals surface area (Å²) in [5, 5.41) is 22.1. The number of hydrogen-bond donors (Lipinski definition) is 2. The summed E-state index contributed by atoms with van der Waals surface area (Å²) in [6.45, 7) is 0. The van der Waals surface area contributed by atoms with Crippen molar-refractivity contribution in [2.24, 2.45) is 0 Å². The third kappa shape index (κ3) is 3.79. The quantitative estimate of drug-likeness (QED) is 0.749. The van der Waals surface area contributed by atoms with Crippen LogP contribution in [0.5, 0.6) is 0 Å². The molecule has 0 aliphatic rings. The maximum absolute atomic E-state index is 13.2. The zero-order valence-electron chi connectivity index (χ0n) is 13.2. The Morgan fingerprint density at radius 1 is 1.00 bits per heavy atom. The first-order valence-corrected chi connectivity index (χ1v) is 7.43. The van der Waals surface area contributed by atoms with Crippen LogP contribution in [0, 0.1) is 23.0 Å². The lowest BCUT2D eigenvalue weighted by atomic mass is 10.2. The molecule has 0 fully saturated rings. The highest BCUT2D eigenvalue weighted by molar-refractivity contribution is 6.02. The molecule has 0 bridgehead atoms. The standard InChI is InChI=1S/C18H11F2N5O/c19-13-6-5-12(9-14(13)20)22-18(26)16-7-8-17(25-24-16)23-15-4-2-1-3-11(15)10-21/h1-9H,(H,22,26)(H,23,25). The minimum atomic E-state index is -1.07. The van der Waals surface area contributed by atoms with Crippen LogP contribution in [0.25, 0.3) is 0 Å². The van der Waals surface area contributed by atoms with E-state index in [1.807, 2.05) is 6.07 Å². The highest BCUT2D eigenvalue weighted by atomic mass is 19.2.